The number of rotatable bonds is 9. The number of pyridine rings is 1. The van der Waals surface area contributed by atoms with Crippen molar-refractivity contribution in [1.82, 2.24) is 35.5 Å². The molecule has 5 heterocycles. The molecule has 14 nitrogen and oxygen atoms in total. The van der Waals surface area contributed by atoms with E-state index >= 15 is 0 Å². The predicted molar refractivity (Wildman–Crippen MR) is 238 cm³/mol. The summed E-state index contributed by atoms with van der Waals surface area (Å²) in [6.45, 7) is 13.0. The summed E-state index contributed by atoms with van der Waals surface area (Å²) in [6, 6.07) is 10.8. The SMILES string of the molecule is CCn1c(-c2cnccc2COC)c2c3cc(ccc31)-c1cc(O)cc(c1)C[C@H](NC(=O)[C@H](C(C)C)N(C)C(=O)[C@H]1CCCNC1)C(=O)N1CCC[C@H](N1)C(=O)OCC(C)(C)C2. The number of hydrazine groups is 1. The number of hydrogen-bond acceptors (Lipinski definition) is 10. The number of fused-ring (bicyclic) bond motifs is 6. The minimum absolute atomic E-state index is 0.0163. The molecule has 6 bridgehead atoms. The fraction of sp³-hybridized carbons (Fsp3) is 0.521. The standard InChI is InChI=1S/C48H63N7O7/c1-8-54-41-14-13-31-23-36(41)37(43(54)38-26-50-17-15-33(38)27-61-7)24-48(4,5)28-62-47(60)39-12-10-18-55(52-39)46(59)40(21-30-19-34(31)22-35(56)20-30)51-44(57)42(29(2)3)53(6)45(58)32-11-9-16-49-25-32/h13-15,17,19-20,22-23,26,29,32,39-40,42,49,52,56H,8-12,16,18,21,24-25,27-28H2,1-7H3,(H,51,57)/t32-,39-,40-,42-/m0/s1. The Kier molecular flexibility index (Phi) is 13.7. The number of phenolic OH excluding ortho intramolecular Hbond substituents is 1. The summed E-state index contributed by atoms with van der Waals surface area (Å²) in [5.41, 5.74) is 9.93. The number of ether oxygens (including phenoxy) is 2. The topological polar surface area (TPSA) is 167 Å². The molecule has 4 N–H and O–H groups in total. The van der Waals surface area contributed by atoms with Crippen molar-refractivity contribution >= 4 is 34.6 Å². The van der Waals surface area contributed by atoms with E-state index in [0.717, 1.165) is 63.8 Å². The third-order valence-corrected chi connectivity index (χ3v) is 12.6. The van der Waals surface area contributed by atoms with Crippen molar-refractivity contribution in [3.8, 4) is 28.1 Å². The van der Waals surface area contributed by atoms with Crippen LogP contribution in [0.1, 0.15) is 77.0 Å². The summed E-state index contributed by atoms with van der Waals surface area (Å²) < 4.78 is 14.0. The second-order valence-electron chi connectivity index (χ2n) is 18.4. The number of piperidine rings is 1. The van der Waals surface area contributed by atoms with Crippen LogP contribution in [0.3, 0.4) is 0 Å². The lowest BCUT2D eigenvalue weighted by molar-refractivity contribution is -0.155. The van der Waals surface area contributed by atoms with Gasteiger partial charge in [-0.1, -0.05) is 39.8 Å². The summed E-state index contributed by atoms with van der Waals surface area (Å²) in [5, 5.41) is 20.0. The number of methoxy groups -OCH3 is 1. The Hall–Kier alpha value is -5.31. The van der Waals surface area contributed by atoms with Crippen molar-refractivity contribution < 1.29 is 33.8 Å². The Morgan fingerprint density at radius 3 is 2.63 bits per heavy atom. The molecule has 2 fully saturated rings. The second-order valence-corrected chi connectivity index (χ2v) is 18.4. The van der Waals surface area contributed by atoms with Crippen LogP contribution >= 0.6 is 0 Å². The van der Waals surface area contributed by atoms with Gasteiger partial charge in [-0.15, -0.1) is 0 Å². The maximum Gasteiger partial charge on any atom is 0.324 e. The van der Waals surface area contributed by atoms with Crippen LogP contribution in [-0.2, 0) is 54.6 Å². The number of nitrogens with zero attached hydrogens (tertiary/aromatic N) is 4. The van der Waals surface area contributed by atoms with Crippen molar-refractivity contribution in [3.05, 3.63) is 71.5 Å². The molecule has 2 aromatic heterocycles. The third-order valence-electron chi connectivity index (χ3n) is 12.6. The van der Waals surface area contributed by atoms with Gasteiger partial charge >= 0.3 is 5.97 Å². The van der Waals surface area contributed by atoms with Gasteiger partial charge in [0.05, 0.1) is 24.8 Å². The van der Waals surface area contributed by atoms with Crippen molar-refractivity contribution in [1.29, 1.82) is 0 Å². The lowest BCUT2D eigenvalue weighted by Crippen LogP contribution is -2.62. The van der Waals surface area contributed by atoms with Crippen LogP contribution in [-0.4, -0.2) is 107 Å². The number of aromatic hydroxyl groups is 1. The van der Waals surface area contributed by atoms with Crippen LogP contribution < -0.4 is 16.1 Å². The molecule has 0 spiro atoms. The molecule has 14 heteroatoms. The molecule has 3 aliphatic heterocycles. The van der Waals surface area contributed by atoms with E-state index in [2.05, 4.69) is 58.5 Å². The highest BCUT2D eigenvalue weighted by Gasteiger charge is 2.39. The zero-order valence-electron chi connectivity index (χ0n) is 37.3. The molecule has 7 rings (SSSR count). The first-order valence-electron chi connectivity index (χ1n) is 22.1. The van der Waals surface area contributed by atoms with Crippen LogP contribution in [0, 0.1) is 17.3 Å². The van der Waals surface area contributed by atoms with Crippen molar-refractivity contribution in [2.75, 3.05) is 40.4 Å². The summed E-state index contributed by atoms with van der Waals surface area (Å²) in [7, 11) is 3.34. The average Bonchev–Trinajstić information content (AvgIpc) is 3.56. The van der Waals surface area contributed by atoms with Gasteiger partial charge < -0.3 is 34.7 Å². The third kappa shape index (κ3) is 9.52. The highest BCUT2D eigenvalue weighted by atomic mass is 16.5. The first-order valence-corrected chi connectivity index (χ1v) is 22.1. The largest absolute Gasteiger partial charge is 0.508 e. The number of amides is 3. The first kappa shape index (κ1) is 44.7. The Morgan fingerprint density at radius 2 is 1.90 bits per heavy atom. The normalized spacial score (nSPS) is 21.3. The van der Waals surface area contributed by atoms with Gasteiger partial charge in [0, 0.05) is 74.5 Å². The predicted octanol–water partition coefficient (Wildman–Crippen LogP) is 5.37. The van der Waals surface area contributed by atoms with Crippen LogP contribution in [0.4, 0.5) is 0 Å². The number of aromatic nitrogens is 2. The molecule has 0 radical (unpaired) electrons. The van der Waals surface area contributed by atoms with Crippen molar-refractivity contribution in [2.24, 2.45) is 17.3 Å². The van der Waals surface area contributed by atoms with E-state index in [9.17, 15) is 24.3 Å². The van der Waals surface area contributed by atoms with Gasteiger partial charge in [-0.2, -0.15) is 0 Å². The van der Waals surface area contributed by atoms with Gasteiger partial charge in [0.15, 0.2) is 0 Å². The summed E-state index contributed by atoms with van der Waals surface area (Å²) >= 11 is 0. The minimum Gasteiger partial charge on any atom is -0.508 e. The van der Waals surface area contributed by atoms with Crippen LogP contribution in [0.15, 0.2) is 54.9 Å². The van der Waals surface area contributed by atoms with Crippen LogP contribution in [0.2, 0.25) is 0 Å². The molecular weight excluding hydrogens is 787 g/mol. The molecule has 0 unspecified atom stereocenters. The molecule has 4 aromatic rings. The Labute approximate surface area is 364 Å². The van der Waals surface area contributed by atoms with Crippen LogP contribution in [0.5, 0.6) is 5.75 Å². The molecule has 2 aromatic carbocycles. The van der Waals surface area contributed by atoms with Gasteiger partial charge in [-0.3, -0.25) is 29.2 Å². The first-order chi connectivity index (χ1) is 29.7. The van der Waals surface area contributed by atoms with E-state index in [0.29, 0.717) is 51.1 Å². The molecule has 62 heavy (non-hydrogen) atoms. The number of carbonyl (C=O) groups is 4. The molecule has 332 valence electrons. The fourth-order valence-corrected chi connectivity index (χ4v) is 9.60. The van der Waals surface area contributed by atoms with E-state index in [4.69, 9.17) is 9.47 Å². The van der Waals surface area contributed by atoms with E-state index < -0.39 is 41.3 Å². The van der Waals surface area contributed by atoms with E-state index in [1.54, 1.807) is 32.5 Å². The average molecular weight is 850 g/mol. The minimum atomic E-state index is -1.10. The lowest BCUT2D eigenvalue weighted by Gasteiger charge is -2.37. The highest BCUT2D eigenvalue weighted by molar-refractivity contribution is 5.96. The maximum absolute atomic E-state index is 14.6. The lowest BCUT2D eigenvalue weighted by atomic mass is 9.84. The highest BCUT2D eigenvalue weighted by Crippen LogP contribution is 2.41. The molecule has 0 saturated carbocycles. The number of likely N-dealkylation sites (N-methyl/N-ethyl adjacent to an activating group) is 1. The smallest absolute Gasteiger partial charge is 0.324 e. The number of aryl methyl sites for hydroxylation is 1. The molecule has 2 saturated heterocycles. The van der Waals surface area contributed by atoms with Gasteiger partial charge in [-0.05, 0) is 110 Å². The van der Waals surface area contributed by atoms with Gasteiger partial charge in [0.25, 0.3) is 5.91 Å². The van der Waals surface area contributed by atoms with Crippen LogP contribution in [0.25, 0.3) is 33.3 Å². The van der Waals surface area contributed by atoms with E-state index in [1.807, 2.05) is 38.2 Å². The van der Waals surface area contributed by atoms with Gasteiger partial charge in [-0.25, -0.2) is 5.43 Å². The summed E-state index contributed by atoms with van der Waals surface area (Å²) in [5.74, 6) is -1.93. The van der Waals surface area contributed by atoms with E-state index in [1.165, 1.54) is 9.91 Å². The number of phenols is 1. The van der Waals surface area contributed by atoms with Crippen molar-refractivity contribution in [2.45, 2.75) is 104 Å². The molecule has 0 aliphatic carbocycles. The van der Waals surface area contributed by atoms with Crippen molar-refractivity contribution in [3.63, 3.8) is 0 Å². The monoisotopic (exact) mass is 849 g/mol. The summed E-state index contributed by atoms with van der Waals surface area (Å²) in [4.78, 5) is 62.7. The molecule has 3 aliphatic rings. The number of hydrogen-bond donors (Lipinski definition) is 4. The summed E-state index contributed by atoms with van der Waals surface area (Å²) in [6.07, 6.45) is 6.88. The number of carbonyl (C=O) groups excluding carboxylic acids is 4. The molecular formula is C48H63N7O7. The molecule has 3 amide bonds. The maximum atomic E-state index is 14.6. The zero-order valence-corrected chi connectivity index (χ0v) is 37.3. The fourth-order valence-electron chi connectivity index (χ4n) is 9.60. The number of benzene rings is 2. The molecule has 4 atom stereocenters. The number of nitrogens with one attached hydrogen (secondary N) is 3. The Balaban J connectivity index is 1.33. The second kappa shape index (κ2) is 19.0. The quantitative estimate of drug-likeness (QED) is 0.161. The van der Waals surface area contributed by atoms with E-state index in [-0.39, 0.29) is 36.5 Å². The number of cyclic esters (lactones) is 1. The number of esters is 1. The Bertz CT molecular complexity index is 2300. The zero-order chi connectivity index (χ0) is 44.3. The van der Waals surface area contributed by atoms with Gasteiger partial charge in [0.1, 0.15) is 23.9 Å². The van der Waals surface area contributed by atoms with Gasteiger partial charge in [0.2, 0.25) is 11.8 Å². The Morgan fingerprint density at radius 1 is 1.10 bits per heavy atom.